The highest BCUT2D eigenvalue weighted by atomic mass is 16.2. The molecular formula is C20H23N3O2. The highest BCUT2D eigenvalue weighted by molar-refractivity contribution is 5.88. The Morgan fingerprint density at radius 1 is 1.08 bits per heavy atom. The van der Waals surface area contributed by atoms with Crippen LogP contribution in [0.25, 0.3) is 0 Å². The minimum absolute atomic E-state index is 0.0438. The fraction of sp³-hybridized carbons (Fsp3) is 0.300. The molecule has 0 spiro atoms. The lowest BCUT2D eigenvalue weighted by Gasteiger charge is -2.37. The zero-order valence-corrected chi connectivity index (χ0v) is 14.1. The number of nitrogens with zero attached hydrogens (tertiary/aromatic N) is 1. The van der Waals surface area contributed by atoms with Gasteiger partial charge in [-0.1, -0.05) is 60.7 Å². The molecule has 3 N–H and O–H groups in total. The van der Waals surface area contributed by atoms with Crippen molar-refractivity contribution in [3.8, 4) is 0 Å². The SMILES string of the molecule is NC(=O)C[C@H]1C(=O)NCCN1CC(c1ccccc1)c1ccccc1. The van der Waals surface area contributed by atoms with E-state index in [9.17, 15) is 9.59 Å². The molecule has 5 heteroatoms. The Labute approximate surface area is 147 Å². The largest absolute Gasteiger partial charge is 0.370 e. The van der Waals surface area contributed by atoms with Crippen molar-refractivity contribution in [2.45, 2.75) is 18.4 Å². The van der Waals surface area contributed by atoms with Crippen LogP contribution in [0.5, 0.6) is 0 Å². The van der Waals surface area contributed by atoms with Gasteiger partial charge in [-0.25, -0.2) is 0 Å². The minimum Gasteiger partial charge on any atom is -0.370 e. The van der Waals surface area contributed by atoms with Gasteiger partial charge in [0.2, 0.25) is 11.8 Å². The summed E-state index contributed by atoms with van der Waals surface area (Å²) in [5, 5.41) is 2.83. The number of carbonyl (C=O) groups is 2. The summed E-state index contributed by atoms with van der Waals surface area (Å²) in [6, 6.07) is 20.0. The van der Waals surface area contributed by atoms with Gasteiger partial charge in [-0.05, 0) is 11.1 Å². The summed E-state index contributed by atoms with van der Waals surface area (Å²) >= 11 is 0. The molecule has 0 aromatic heterocycles. The lowest BCUT2D eigenvalue weighted by atomic mass is 9.90. The Hall–Kier alpha value is -2.66. The van der Waals surface area contributed by atoms with Gasteiger partial charge in [-0.3, -0.25) is 14.5 Å². The number of nitrogens with two attached hydrogens (primary N) is 1. The van der Waals surface area contributed by atoms with Gasteiger partial charge in [0.1, 0.15) is 0 Å². The highest BCUT2D eigenvalue weighted by Gasteiger charge is 2.32. The highest BCUT2D eigenvalue weighted by Crippen LogP contribution is 2.27. The fourth-order valence-electron chi connectivity index (χ4n) is 3.40. The molecule has 1 heterocycles. The van der Waals surface area contributed by atoms with Crippen LogP contribution in [0.3, 0.4) is 0 Å². The number of amides is 2. The molecule has 2 amide bonds. The third kappa shape index (κ3) is 4.25. The molecule has 0 bridgehead atoms. The molecule has 0 aliphatic carbocycles. The van der Waals surface area contributed by atoms with E-state index in [1.54, 1.807) is 0 Å². The van der Waals surface area contributed by atoms with Crippen LogP contribution in [0.4, 0.5) is 0 Å². The number of hydrogen-bond acceptors (Lipinski definition) is 3. The van der Waals surface area contributed by atoms with Gasteiger partial charge in [-0.15, -0.1) is 0 Å². The zero-order valence-electron chi connectivity index (χ0n) is 14.1. The molecule has 25 heavy (non-hydrogen) atoms. The minimum atomic E-state index is -0.499. The first-order chi connectivity index (χ1) is 12.1. The number of rotatable bonds is 6. The number of hydrogen-bond donors (Lipinski definition) is 2. The van der Waals surface area contributed by atoms with E-state index < -0.39 is 11.9 Å². The molecule has 3 rings (SSSR count). The summed E-state index contributed by atoms with van der Waals surface area (Å²) in [6.45, 7) is 1.96. The summed E-state index contributed by atoms with van der Waals surface area (Å²) in [6.07, 6.45) is 0.0438. The summed E-state index contributed by atoms with van der Waals surface area (Å²) in [5.41, 5.74) is 7.74. The second kappa shape index (κ2) is 7.94. The van der Waals surface area contributed by atoms with E-state index in [0.29, 0.717) is 19.6 Å². The molecule has 1 aliphatic rings. The normalized spacial score (nSPS) is 18.1. The second-order valence-electron chi connectivity index (χ2n) is 6.35. The van der Waals surface area contributed by atoms with E-state index in [-0.39, 0.29) is 18.2 Å². The van der Waals surface area contributed by atoms with Crippen molar-refractivity contribution < 1.29 is 9.59 Å². The van der Waals surface area contributed by atoms with Crippen LogP contribution >= 0.6 is 0 Å². The number of piperazine rings is 1. The maximum absolute atomic E-state index is 12.2. The summed E-state index contributed by atoms with van der Waals surface area (Å²) in [7, 11) is 0. The van der Waals surface area contributed by atoms with Crippen molar-refractivity contribution in [1.82, 2.24) is 10.2 Å². The van der Waals surface area contributed by atoms with Gasteiger partial charge >= 0.3 is 0 Å². The number of primary amides is 1. The van der Waals surface area contributed by atoms with Gasteiger partial charge in [-0.2, -0.15) is 0 Å². The molecule has 1 fully saturated rings. The standard InChI is InChI=1S/C20H23N3O2/c21-19(24)13-18-20(25)22-11-12-23(18)14-17(15-7-3-1-4-8-15)16-9-5-2-6-10-16/h1-10,17-18H,11-14H2,(H2,21,24)(H,22,25)/t18-/m0/s1. The van der Waals surface area contributed by atoms with Crippen molar-refractivity contribution in [2.24, 2.45) is 5.73 Å². The lowest BCUT2D eigenvalue weighted by Crippen LogP contribution is -2.57. The maximum atomic E-state index is 12.2. The predicted octanol–water partition coefficient (Wildman–Crippen LogP) is 1.49. The van der Waals surface area contributed by atoms with E-state index in [1.807, 2.05) is 36.4 Å². The quantitative estimate of drug-likeness (QED) is 0.839. The molecule has 1 atom stereocenters. The molecule has 2 aromatic rings. The van der Waals surface area contributed by atoms with E-state index in [1.165, 1.54) is 11.1 Å². The topological polar surface area (TPSA) is 75.4 Å². The van der Waals surface area contributed by atoms with Crippen LogP contribution in [-0.4, -0.2) is 42.4 Å². The predicted molar refractivity (Wildman–Crippen MR) is 96.9 cm³/mol. The zero-order chi connectivity index (χ0) is 17.6. The van der Waals surface area contributed by atoms with Crippen LogP contribution in [0.15, 0.2) is 60.7 Å². The van der Waals surface area contributed by atoms with Gasteiger partial charge in [0.25, 0.3) is 0 Å². The molecule has 1 saturated heterocycles. The average Bonchev–Trinajstić information content (AvgIpc) is 2.63. The number of benzene rings is 2. The van der Waals surface area contributed by atoms with Crippen LogP contribution < -0.4 is 11.1 Å². The van der Waals surface area contributed by atoms with Crippen LogP contribution in [0.1, 0.15) is 23.5 Å². The number of carbonyl (C=O) groups excluding carboxylic acids is 2. The van der Waals surface area contributed by atoms with Crippen LogP contribution in [0, 0.1) is 0 Å². The first-order valence-corrected chi connectivity index (χ1v) is 8.55. The van der Waals surface area contributed by atoms with E-state index in [2.05, 4.69) is 34.5 Å². The third-order valence-corrected chi connectivity index (χ3v) is 4.66. The van der Waals surface area contributed by atoms with E-state index in [0.717, 1.165) is 0 Å². The molecule has 0 saturated carbocycles. The first-order valence-electron chi connectivity index (χ1n) is 8.55. The Morgan fingerprint density at radius 3 is 2.16 bits per heavy atom. The molecule has 1 aliphatic heterocycles. The van der Waals surface area contributed by atoms with Crippen LogP contribution in [0.2, 0.25) is 0 Å². The summed E-state index contributed by atoms with van der Waals surface area (Å²) in [4.78, 5) is 25.7. The van der Waals surface area contributed by atoms with Gasteiger partial charge < -0.3 is 11.1 Å². The molecular weight excluding hydrogens is 314 g/mol. The Bertz CT molecular complexity index is 679. The first kappa shape index (κ1) is 17.2. The Balaban J connectivity index is 1.88. The van der Waals surface area contributed by atoms with Gasteiger partial charge in [0.15, 0.2) is 0 Å². The molecule has 5 nitrogen and oxygen atoms in total. The average molecular weight is 337 g/mol. The smallest absolute Gasteiger partial charge is 0.237 e. The van der Waals surface area contributed by atoms with Crippen molar-refractivity contribution >= 4 is 11.8 Å². The summed E-state index contributed by atoms with van der Waals surface area (Å²) in [5.74, 6) is -0.448. The van der Waals surface area contributed by atoms with Crippen molar-refractivity contribution in [1.29, 1.82) is 0 Å². The van der Waals surface area contributed by atoms with E-state index in [4.69, 9.17) is 5.73 Å². The van der Waals surface area contributed by atoms with E-state index >= 15 is 0 Å². The summed E-state index contributed by atoms with van der Waals surface area (Å²) < 4.78 is 0. The second-order valence-corrected chi connectivity index (χ2v) is 6.35. The van der Waals surface area contributed by atoms with Crippen molar-refractivity contribution in [2.75, 3.05) is 19.6 Å². The van der Waals surface area contributed by atoms with Crippen molar-refractivity contribution in [3.05, 3.63) is 71.8 Å². The van der Waals surface area contributed by atoms with Crippen molar-refractivity contribution in [3.63, 3.8) is 0 Å². The van der Waals surface area contributed by atoms with Crippen LogP contribution in [-0.2, 0) is 9.59 Å². The number of nitrogens with one attached hydrogen (secondary N) is 1. The fourth-order valence-corrected chi connectivity index (χ4v) is 3.40. The molecule has 0 radical (unpaired) electrons. The molecule has 2 aromatic carbocycles. The van der Waals surface area contributed by atoms with Gasteiger partial charge in [0, 0.05) is 25.6 Å². The Morgan fingerprint density at radius 2 is 1.64 bits per heavy atom. The third-order valence-electron chi connectivity index (χ3n) is 4.66. The molecule has 0 unspecified atom stereocenters. The maximum Gasteiger partial charge on any atom is 0.237 e. The molecule has 130 valence electrons. The lowest BCUT2D eigenvalue weighted by molar-refractivity contribution is -0.133. The monoisotopic (exact) mass is 337 g/mol. The Kier molecular flexibility index (Phi) is 5.46. The van der Waals surface area contributed by atoms with Gasteiger partial charge in [0.05, 0.1) is 12.5 Å².